The van der Waals surface area contributed by atoms with Gasteiger partial charge in [0.2, 0.25) is 0 Å². The van der Waals surface area contributed by atoms with Crippen molar-refractivity contribution in [3.8, 4) is 0 Å². The highest BCUT2D eigenvalue weighted by atomic mass is 32.2. The Bertz CT molecular complexity index is 1060. The maximum Gasteiger partial charge on any atom is 0.259 e. The van der Waals surface area contributed by atoms with Gasteiger partial charge in [-0.3, -0.25) is 0 Å². The molecule has 1 aliphatic carbocycles. The van der Waals surface area contributed by atoms with E-state index in [2.05, 4.69) is 11.2 Å². The number of allylic oxidation sites excluding steroid dienone is 3. The van der Waals surface area contributed by atoms with Crippen molar-refractivity contribution in [3.05, 3.63) is 89.5 Å². The molecule has 1 atom stereocenters. The van der Waals surface area contributed by atoms with Crippen molar-refractivity contribution in [1.29, 1.82) is 0 Å². The minimum atomic E-state index is -3.67. The van der Waals surface area contributed by atoms with E-state index in [1.807, 2.05) is 73.7 Å². The summed E-state index contributed by atoms with van der Waals surface area (Å²) in [6.45, 7) is 2.30. The van der Waals surface area contributed by atoms with Gasteiger partial charge in [0.05, 0.1) is 6.54 Å². The molecule has 0 bridgehead atoms. The maximum absolute atomic E-state index is 13.8. The molecule has 4 nitrogen and oxygen atoms in total. The second kappa shape index (κ2) is 7.99. The number of nitrogens with zero attached hydrogens (tertiary/aromatic N) is 2. The number of hydrazone groups is 1. The average molecular weight is 407 g/mol. The van der Waals surface area contributed by atoms with Crippen molar-refractivity contribution < 1.29 is 8.42 Å². The lowest BCUT2D eigenvalue weighted by molar-refractivity contribution is 0.395. The highest BCUT2D eigenvalue weighted by Gasteiger charge is 2.47. The molecule has 2 aromatic rings. The van der Waals surface area contributed by atoms with Gasteiger partial charge in [0, 0.05) is 6.21 Å². The lowest BCUT2D eigenvalue weighted by Gasteiger charge is -2.39. The van der Waals surface area contributed by atoms with Gasteiger partial charge in [-0.25, -0.2) is 8.42 Å². The predicted octanol–water partition coefficient (Wildman–Crippen LogP) is 4.81. The minimum Gasteiger partial charge on any atom is -0.204 e. The van der Waals surface area contributed by atoms with E-state index in [4.69, 9.17) is 0 Å². The topological polar surface area (TPSA) is 49.7 Å². The summed E-state index contributed by atoms with van der Waals surface area (Å²) in [5, 5.41) is 4.23. The molecule has 4 rings (SSSR count). The SMILES string of the molecule is C[C@]1(S(=O)(=O)N2CCCC=N2)CC(c2ccccc2)=CC=C1Cc1ccccc1. The Hall–Kier alpha value is -2.66. The molecular formula is C24H26N2O2S. The molecule has 2 aromatic carbocycles. The van der Waals surface area contributed by atoms with Crippen LogP contribution in [-0.2, 0) is 16.4 Å². The molecule has 29 heavy (non-hydrogen) atoms. The van der Waals surface area contributed by atoms with E-state index in [9.17, 15) is 8.42 Å². The molecule has 0 N–H and O–H groups in total. The number of hydrogen-bond acceptors (Lipinski definition) is 3. The Kier molecular flexibility index (Phi) is 5.41. The van der Waals surface area contributed by atoms with Crippen molar-refractivity contribution in [2.24, 2.45) is 5.10 Å². The van der Waals surface area contributed by atoms with E-state index in [1.165, 1.54) is 4.41 Å². The summed E-state index contributed by atoms with van der Waals surface area (Å²) in [6.07, 6.45) is 8.45. The number of hydrogen-bond donors (Lipinski definition) is 0. The van der Waals surface area contributed by atoms with Crippen LogP contribution in [0.1, 0.15) is 37.3 Å². The smallest absolute Gasteiger partial charge is 0.204 e. The molecule has 150 valence electrons. The highest BCUT2D eigenvalue weighted by molar-refractivity contribution is 7.90. The summed E-state index contributed by atoms with van der Waals surface area (Å²) in [7, 11) is -3.67. The molecule has 0 fully saturated rings. The van der Waals surface area contributed by atoms with Gasteiger partial charge in [-0.05, 0) is 54.9 Å². The molecule has 2 aliphatic rings. The van der Waals surface area contributed by atoms with Crippen LogP contribution in [0, 0.1) is 0 Å². The fourth-order valence-electron chi connectivity index (χ4n) is 4.02. The zero-order valence-electron chi connectivity index (χ0n) is 16.7. The molecular weight excluding hydrogens is 380 g/mol. The van der Waals surface area contributed by atoms with Gasteiger partial charge in [-0.1, -0.05) is 72.8 Å². The van der Waals surface area contributed by atoms with E-state index in [1.54, 1.807) is 6.21 Å². The average Bonchev–Trinajstić information content (AvgIpc) is 2.77. The molecule has 0 radical (unpaired) electrons. The van der Waals surface area contributed by atoms with Gasteiger partial charge in [-0.15, -0.1) is 0 Å². The Balaban J connectivity index is 1.77. The first kappa shape index (κ1) is 19.6. The third-order valence-corrected chi connectivity index (χ3v) is 8.19. The molecule has 0 aromatic heterocycles. The van der Waals surface area contributed by atoms with Crippen LogP contribution in [0.2, 0.25) is 0 Å². The number of sulfonamides is 1. The lowest BCUT2D eigenvalue weighted by atomic mass is 9.82. The van der Waals surface area contributed by atoms with Crippen LogP contribution in [0.5, 0.6) is 0 Å². The van der Waals surface area contributed by atoms with Gasteiger partial charge >= 0.3 is 0 Å². The van der Waals surface area contributed by atoms with E-state index in [0.29, 0.717) is 19.4 Å². The molecule has 0 unspecified atom stereocenters. The van der Waals surface area contributed by atoms with Crippen LogP contribution < -0.4 is 0 Å². The monoisotopic (exact) mass is 406 g/mol. The van der Waals surface area contributed by atoms with E-state index < -0.39 is 14.8 Å². The van der Waals surface area contributed by atoms with Crippen LogP contribution >= 0.6 is 0 Å². The Morgan fingerprint density at radius 2 is 1.69 bits per heavy atom. The molecule has 0 saturated heterocycles. The van der Waals surface area contributed by atoms with Gasteiger partial charge in [0.1, 0.15) is 4.75 Å². The van der Waals surface area contributed by atoms with Crippen molar-refractivity contribution in [3.63, 3.8) is 0 Å². The predicted molar refractivity (Wildman–Crippen MR) is 119 cm³/mol. The zero-order valence-corrected chi connectivity index (χ0v) is 17.5. The van der Waals surface area contributed by atoms with Gasteiger partial charge in [-0.2, -0.15) is 9.52 Å². The lowest BCUT2D eigenvalue weighted by Crippen LogP contribution is -2.48. The summed E-state index contributed by atoms with van der Waals surface area (Å²) in [4.78, 5) is 0. The number of rotatable bonds is 5. The van der Waals surface area contributed by atoms with Crippen LogP contribution in [-0.4, -0.2) is 30.3 Å². The molecule has 0 spiro atoms. The standard InChI is InChI=1S/C24H26N2O2S/c1-24(29(27,28)26-17-9-8-16-25-26)19-22(21-12-6-3-7-13-21)14-15-23(24)18-20-10-4-2-5-11-20/h2-7,10-16H,8-9,17-19H2,1H3/t24-/m0/s1. The van der Waals surface area contributed by atoms with E-state index in [-0.39, 0.29) is 0 Å². The first-order valence-electron chi connectivity index (χ1n) is 10.0. The van der Waals surface area contributed by atoms with Crippen molar-refractivity contribution in [2.45, 2.75) is 37.4 Å². The molecule has 0 amide bonds. The fourth-order valence-corrected chi connectivity index (χ4v) is 5.86. The summed E-state index contributed by atoms with van der Waals surface area (Å²) in [5.41, 5.74) is 4.11. The summed E-state index contributed by atoms with van der Waals surface area (Å²) in [5.74, 6) is 0. The second-order valence-corrected chi connectivity index (χ2v) is 10.1. The minimum absolute atomic E-state index is 0.435. The van der Waals surface area contributed by atoms with Crippen molar-refractivity contribution >= 4 is 21.8 Å². The fraction of sp³-hybridized carbons (Fsp3) is 0.292. The molecule has 5 heteroatoms. The first-order valence-corrected chi connectivity index (χ1v) is 11.5. The Morgan fingerprint density at radius 3 is 2.34 bits per heavy atom. The number of benzene rings is 2. The van der Waals surface area contributed by atoms with Crippen LogP contribution in [0.15, 0.2) is 83.5 Å². The Labute approximate surface area is 173 Å². The summed E-state index contributed by atoms with van der Waals surface area (Å²) >= 11 is 0. The third kappa shape index (κ3) is 3.79. The summed E-state index contributed by atoms with van der Waals surface area (Å²) in [6, 6.07) is 20.1. The van der Waals surface area contributed by atoms with Crippen LogP contribution in [0.4, 0.5) is 0 Å². The van der Waals surface area contributed by atoms with Crippen molar-refractivity contribution in [2.75, 3.05) is 6.54 Å². The quantitative estimate of drug-likeness (QED) is 0.715. The Morgan fingerprint density at radius 1 is 1.00 bits per heavy atom. The maximum atomic E-state index is 13.8. The van der Waals surface area contributed by atoms with E-state index in [0.717, 1.165) is 35.1 Å². The van der Waals surface area contributed by atoms with Crippen molar-refractivity contribution in [1.82, 2.24) is 4.41 Å². The van der Waals surface area contributed by atoms with Gasteiger partial charge < -0.3 is 0 Å². The highest BCUT2D eigenvalue weighted by Crippen LogP contribution is 2.43. The van der Waals surface area contributed by atoms with Crippen LogP contribution in [0.25, 0.3) is 5.57 Å². The largest absolute Gasteiger partial charge is 0.259 e. The first-order chi connectivity index (χ1) is 14.0. The molecule has 1 aliphatic heterocycles. The molecule has 0 saturated carbocycles. The summed E-state index contributed by atoms with van der Waals surface area (Å²) < 4.78 is 27.8. The normalized spacial score (nSPS) is 22.2. The second-order valence-electron chi connectivity index (χ2n) is 7.81. The van der Waals surface area contributed by atoms with Gasteiger partial charge in [0.25, 0.3) is 10.0 Å². The molecule has 1 heterocycles. The van der Waals surface area contributed by atoms with Gasteiger partial charge in [0.15, 0.2) is 0 Å². The third-order valence-electron chi connectivity index (χ3n) is 5.81. The zero-order chi connectivity index (χ0) is 20.3. The van der Waals surface area contributed by atoms with E-state index >= 15 is 0 Å². The van der Waals surface area contributed by atoms with Crippen LogP contribution in [0.3, 0.4) is 0 Å².